The second kappa shape index (κ2) is 12.2. The molecule has 6 aromatic rings. The van der Waals surface area contributed by atoms with Crippen molar-refractivity contribution in [1.29, 1.82) is 0 Å². The third-order valence-corrected chi connectivity index (χ3v) is 5.79. The number of hydrogen-bond donors (Lipinski definition) is 4. The van der Waals surface area contributed by atoms with E-state index in [0.29, 0.717) is 10.9 Å². The number of hydrogen-bond acceptors (Lipinski definition) is 5. The highest BCUT2D eigenvalue weighted by molar-refractivity contribution is 6.43. The number of carbonyl (C=O) groups excluding carboxylic acids is 3. The third-order valence-electron chi connectivity index (χ3n) is 5.79. The van der Waals surface area contributed by atoms with Crippen LogP contribution in [0.3, 0.4) is 0 Å². The number of esters is 1. The molecule has 3 heterocycles. The van der Waals surface area contributed by atoms with E-state index >= 15 is 0 Å². The van der Waals surface area contributed by atoms with Crippen LogP contribution in [0.5, 0.6) is 0 Å². The molecule has 0 atom stereocenters. The van der Waals surface area contributed by atoms with E-state index in [2.05, 4.69) is 37.9 Å². The Labute approximate surface area is 222 Å². The van der Waals surface area contributed by atoms with Crippen LogP contribution in [0.25, 0.3) is 32.7 Å². The maximum Gasteiger partial charge on any atom is 0.379 e. The molecule has 0 aliphatic heterocycles. The second-order valence-electron chi connectivity index (χ2n) is 8.24. The molecular formula is C30H25N3O6. The summed E-state index contributed by atoms with van der Waals surface area (Å²) >= 11 is 0. The molecule has 0 radical (unpaired) electrons. The summed E-state index contributed by atoms with van der Waals surface area (Å²) < 4.78 is 4.67. The number of carbonyl (C=O) groups is 4. The zero-order valence-electron chi connectivity index (χ0n) is 20.9. The number of para-hydroxylation sites is 3. The first-order valence-electron chi connectivity index (χ1n) is 12.0. The number of carboxylic acids is 1. The van der Waals surface area contributed by atoms with Crippen LogP contribution in [0.1, 0.15) is 27.6 Å². The van der Waals surface area contributed by atoms with Gasteiger partial charge < -0.3 is 24.8 Å². The van der Waals surface area contributed by atoms with Gasteiger partial charge in [0.25, 0.3) is 11.6 Å². The maximum atomic E-state index is 11.7. The quantitative estimate of drug-likeness (QED) is 0.133. The molecule has 0 unspecified atom stereocenters. The summed E-state index contributed by atoms with van der Waals surface area (Å²) in [5.41, 5.74) is 3.35. The molecule has 0 fully saturated rings. The van der Waals surface area contributed by atoms with Gasteiger partial charge in [-0.1, -0.05) is 54.6 Å². The fourth-order valence-corrected chi connectivity index (χ4v) is 3.94. The first-order valence-corrected chi connectivity index (χ1v) is 12.0. The number of fused-ring (bicyclic) bond motifs is 3. The van der Waals surface area contributed by atoms with Gasteiger partial charge in [-0.2, -0.15) is 0 Å². The molecule has 0 aliphatic rings. The lowest BCUT2D eigenvalue weighted by Gasteiger charge is -1.99. The van der Waals surface area contributed by atoms with Crippen LogP contribution in [0.4, 0.5) is 0 Å². The molecular weight excluding hydrogens is 498 g/mol. The molecule has 3 aromatic heterocycles. The molecule has 4 N–H and O–H groups in total. The molecule has 196 valence electrons. The molecule has 0 aliphatic carbocycles. The minimum atomic E-state index is -1.44. The Bertz CT molecular complexity index is 1750. The second-order valence-corrected chi connectivity index (χ2v) is 8.24. The number of H-pyrrole nitrogens is 3. The number of rotatable bonds is 5. The standard InChI is InChI=1S/C12H11NO3.C10H7NO3.C8H7N/c1-2-16-12(15)11(14)9-7-13-10-6-4-3-5-8(9)10;12-9(10(13)14)7-5-11-8-4-2-1-3-6(7)8;1-2-4-8-7(3-1)5-6-9-8/h3-7,13H,2H2,1H3;1-5,11H,(H,13,14);1-6,9H. The van der Waals surface area contributed by atoms with Gasteiger partial charge in [0.2, 0.25) is 0 Å². The summed E-state index contributed by atoms with van der Waals surface area (Å²) in [6.45, 7) is 1.87. The number of nitrogens with one attached hydrogen (secondary N) is 3. The van der Waals surface area contributed by atoms with Gasteiger partial charge in [-0.05, 0) is 36.6 Å². The van der Waals surface area contributed by atoms with Crippen molar-refractivity contribution >= 4 is 56.2 Å². The van der Waals surface area contributed by atoms with Gasteiger partial charge in [-0.25, -0.2) is 9.59 Å². The fraction of sp³-hybridized carbons (Fsp3) is 0.0667. The Balaban J connectivity index is 0.000000140. The van der Waals surface area contributed by atoms with E-state index in [9.17, 15) is 19.2 Å². The highest BCUT2D eigenvalue weighted by atomic mass is 16.5. The monoisotopic (exact) mass is 523 g/mol. The molecule has 39 heavy (non-hydrogen) atoms. The molecule has 3 aromatic carbocycles. The molecule has 0 amide bonds. The van der Waals surface area contributed by atoms with Crippen LogP contribution in [-0.4, -0.2) is 50.2 Å². The van der Waals surface area contributed by atoms with Gasteiger partial charge in [0, 0.05) is 45.9 Å². The average Bonchev–Trinajstić information content (AvgIpc) is 3.71. The predicted molar refractivity (Wildman–Crippen MR) is 148 cm³/mol. The summed E-state index contributed by atoms with van der Waals surface area (Å²) in [4.78, 5) is 53.6. The van der Waals surface area contributed by atoms with Crippen molar-refractivity contribution in [3.63, 3.8) is 0 Å². The molecule has 0 bridgehead atoms. The minimum absolute atomic E-state index is 0.201. The number of Topliss-reactive ketones (excluding diaryl/α,β-unsaturated/α-hetero) is 2. The van der Waals surface area contributed by atoms with E-state index in [1.165, 1.54) is 23.3 Å². The number of ether oxygens (including phenoxy) is 1. The molecule has 6 rings (SSSR count). The third kappa shape index (κ3) is 6.11. The number of aromatic amines is 3. The van der Waals surface area contributed by atoms with Crippen molar-refractivity contribution in [2.24, 2.45) is 0 Å². The Kier molecular flexibility index (Phi) is 8.33. The lowest BCUT2D eigenvalue weighted by molar-refractivity contribution is -0.137. The van der Waals surface area contributed by atoms with E-state index < -0.39 is 23.5 Å². The fourth-order valence-electron chi connectivity index (χ4n) is 3.94. The Hall–Kier alpha value is -5.44. The number of aliphatic carboxylic acids is 1. The predicted octanol–water partition coefficient (Wildman–Crippen LogP) is 5.52. The van der Waals surface area contributed by atoms with E-state index in [1.54, 1.807) is 31.2 Å². The summed E-state index contributed by atoms with van der Waals surface area (Å²) in [6, 6.07) is 24.7. The Morgan fingerprint density at radius 1 is 0.667 bits per heavy atom. The van der Waals surface area contributed by atoms with Crippen LogP contribution in [0, 0.1) is 0 Å². The highest BCUT2D eigenvalue weighted by Crippen LogP contribution is 2.19. The molecule has 0 spiro atoms. The minimum Gasteiger partial charge on any atom is -0.475 e. The van der Waals surface area contributed by atoms with Gasteiger partial charge in [-0.3, -0.25) is 9.59 Å². The van der Waals surface area contributed by atoms with E-state index in [0.717, 1.165) is 16.4 Å². The zero-order chi connectivity index (χ0) is 27.8. The lowest BCUT2D eigenvalue weighted by atomic mass is 10.1. The lowest BCUT2D eigenvalue weighted by Crippen LogP contribution is -2.17. The van der Waals surface area contributed by atoms with Gasteiger partial charge in [0.15, 0.2) is 0 Å². The Morgan fingerprint density at radius 2 is 1.18 bits per heavy atom. The van der Waals surface area contributed by atoms with Crippen LogP contribution in [0.15, 0.2) is 97.5 Å². The first-order chi connectivity index (χ1) is 18.9. The van der Waals surface area contributed by atoms with E-state index in [1.807, 2.05) is 42.6 Å². The van der Waals surface area contributed by atoms with Gasteiger partial charge in [0.1, 0.15) is 0 Å². The van der Waals surface area contributed by atoms with Crippen LogP contribution >= 0.6 is 0 Å². The van der Waals surface area contributed by atoms with E-state index in [4.69, 9.17) is 5.11 Å². The Morgan fingerprint density at radius 3 is 1.72 bits per heavy atom. The SMILES string of the molecule is CCOC(=O)C(=O)c1c[nH]c2ccccc12.O=C(O)C(=O)c1c[nH]c2ccccc12.c1ccc2[nH]ccc2c1. The van der Waals surface area contributed by atoms with Crippen molar-refractivity contribution in [1.82, 2.24) is 15.0 Å². The van der Waals surface area contributed by atoms with Crippen molar-refractivity contribution in [2.45, 2.75) is 6.92 Å². The molecule has 9 heteroatoms. The molecule has 9 nitrogen and oxygen atoms in total. The number of carboxylic acid groups (broad SMARTS) is 1. The summed E-state index contributed by atoms with van der Waals surface area (Å²) in [6.07, 6.45) is 4.90. The van der Waals surface area contributed by atoms with Gasteiger partial charge in [0.05, 0.1) is 17.7 Å². The number of aromatic nitrogens is 3. The summed E-state index contributed by atoms with van der Waals surface area (Å²) in [7, 11) is 0. The molecule has 0 saturated carbocycles. The zero-order valence-corrected chi connectivity index (χ0v) is 20.9. The van der Waals surface area contributed by atoms with Crippen LogP contribution in [-0.2, 0) is 14.3 Å². The largest absolute Gasteiger partial charge is 0.475 e. The number of ketones is 2. The van der Waals surface area contributed by atoms with Crippen LogP contribution < -0.4 is 0 Å². The van der Waals surface area contributed by atoms with Gasteiger partial charge >= 0.3 is 11.9 Å². The maximum absolute atomic E-state index is 11.7. The van der Waals surface area contributed by atoms with Crippen molar-refractivity contribution < 1.29 is 29.0 Å². The normalized spacial score (nSPS) is 10.3. The average molecular weight is 524 g/mol. The van der Waals surface area contributed by atoms with Crippen molar-refractivity contribution in [3.05, 3.63) is 109 Å². The summed E-state index contributed by atoms with van der Waals surface area (Å²) in [5, 5.41) is 11.2. The number of benzene rings is 3. The molecule has 0 saturated heterocycles. The highest BCUT2D eigenvalue weighted by Gasteiger charge is 2.20. The van der Waals surface area contributed by atoms with E-state index in [-0.39, 0.29) is 12.2 Å². The van der Waals surface area contributed by atoms with Crippen molar-refractivity contribution in [3.8, 4) is 0 Å². The van der Waals surface area contributed by atoms with Crippen LogP contribution in [0.2, 0.25) is 0 Å². The smallest absolute Gasteiger partial charge is 0.379 e. The first kappa shape index (κ1) is 26.6. The van der Waals surface area contributed by atoms with Gasteiger partial charge in [-0.15, -0.1) is 0 Å². The van der Waals surface area contributed by atoms with Crippen molar-refractivity contribution in [2.75, 3.05) is 6.61 Å². The summed E-state index contributed by atoms with van der Waals surface area (Å²) in [5.74, 6) is -3.75. The topological polar surface area (TPSA) is 145 Å².